The lowest BCUT2D eigenvalue weighted by Gasteiger charge is -2.15. The molecule has 2 heterocycles. The molecule has 17 heavy (non-hydrogen) atoms. The first-order valence-corrected chi connectivity index (χ1v) is 5.89. The third-order valence-corrected chi connectivity index (χ3v) is 3.21. The average molecular weight is 226 g/mol. The topological polar surface area (TPSA) is 17.8 Å². The highest BCUT2D eigenvalue weighted by atomic mass is 15.1. The number of hydrogen-bond donors (Lipinski definition) is 0. The quantitative estimate of drug-likeness (QED) is 0.717. The van der Waals surface area contributed by atoms with Crippen molar-refractivity contribution in [2.45, 2.75) is 26.3 Å². The predicted molar refractivity (Wildman–Crippen MR) is 74.1 cm³/mol. The molecule has 1 unspecified atom stereocenters. The Morgan fingerprint density at radius 3 is 2.88 bits per heavy atom. The fraction of sp³-hybridized carbons (Fsp3) is 0.267. The van der Waals surface area contributed by atoms with Gasteiger partial charge in [0.05, 0.1) is 0 Å². The number of hydrogen-bond acceptors (Lipinski definition) is 1. The van der Waals surface area contributed by atoms with Crippen LogP contribution in [-0.4, -0.2) is 9.55 Å². The van der Waals surface area contributed by atoms with Crippen molar-refractivity contribution >= 4 is 17.1 Å². The number of pyridine rings is 1. The number of rotatable bonds is 4. The van der Waals surface area contributed by atoms with Crippen molar-refractivity contribution in [1.82, 2.24) is 9.55 Å². The fourth-order valence-electron chi connectivity index (χ4n) is 2.43. The maximum absolute atomic E-state index is 4.49. The molecule has 0 aromatic carbocycles. The van der Waals surface area contributed by atoms with E-state index in [4.69, 9.17) is 0 Å². The van der Waals surface area contributed by atoms with Crippen LogP contribution in [0.2, 0.25) is 0 Å². The van der Waals surface area contributed by atoms with E-state index in [1.807, 2.05) is 24.4 Å². The molecule has 2 aromatic rings. The normalized spacial score (nSPS) is 12.6. The zero-order chi connectivity index (χ0) is 12.4. The molecule has 0 fully saturated rings. The number of fused-ring (bicyclic) bond motifs is 1. The summed E-state index contributed by atoms with van der Waals surface area (Å²) in [5.74, 6) is 0. The Kier molecular flexibility index (Phi) is 3.14. The Balaban J connectivity index is 2.73. The van der Waals surface area contributed by atoms with Crippen molar-refractivity contribution in [3.63, 3.8) is 0 Å². The summed E-state index contributed by atoms with van der Waals surface area (Å²) in [5.41, 5.74) is 3.45. The molecule has 0 N–H and O–H groups in total. The van der Waals surface area contributed by atoms with Crippen LogP contribution >= 0.6 is 0 Å². The smallest absolute Gasteiger partial charge is 0.140 e. The molecule has 0 aliphatic heterocycles. The van der Waals surface area contributed by atoms with Gasteiger partial charge in [-0.25, -0.2) is 4.98 Å². The van der Waals surface area contributed by atoms with Gasteiger partial charge in [0.25, 0.3) is 0 Å². The van der Waals surface area contributed by atoms with Crippen LogP contribution in [0.3, 0.4) is 0 Å². The molecule has 2 heteroatoms. The second kappa shape index (κ2) is 4.58. The van der Waals surface area contributed by atoms with Gasteiger partial charge in [-0.1, -0.05) is 18.7 Å². The van der Waals surface area contributed by atoms with Crippen molar-refractivity contribution in [3.05, 3.63) is 48.8 Å². The third-order valence-electron chi connectivity index (χ3n) is 3.21. The van der Waals surface area contributed by atoms with Crippen LogP contribution in [0.25, 0.3) is 17.1 Å². The summed E-state index contributed by atoms with van der Waals surface area (Å²) in [6.45, 7) is 12.0. The molecule has 88 valence electrons. The molecule has 0 aliphatic carbocycles. The van der Waals surface area contributed by atoms with Gasteiger partial charge in [-0.2, -0.15) is 0 Å². The summed E-state index contributed by atoms with van der Waals surface area (Å²) in [4.78, 5) is 4.49. The monoisotopic (exact) mass is 226 g/mol. The Hall–Kier alpha value is -1.83. The van der Waals surface area contributed by atoms with Gasteiger partial charge in [0.1, 0.15) is 5.65 Å². The van der Waals surface area contributed by atoms with Crippen molar-refractivity contribution in [2.24, 2.45) is 0 Å². The summed E-state index contributed by atoms with van der Waals surface area (Å²) in [5, 5.41) is 1.18. The highest BCUT2D eigenvalue weighted by Gasteiger charge is 2.15. The first-order chi connectivity index (χ1) is 8.20. The third kappa shape index (κ3) is 1.80. The van der Waals surface area contributed by atoms with Gasteiger partial charge in [-0.3, -0.25) is 0 Å². The Morgan fingerprint density at radius 2 is 2.24 bits per heavy atom. The van der Waals surface area contributed by atoms with E-state index in [0.717, 1.165) is 12.1 Å². The van der Waals surface area contributed by atoms with E-state index in [1.165, 1.54) is 16.6 Å². The zero-order valence-corrected chi connectivity index (χ0v) is 10.5. The molecule has 0 aliphatic rings. The van der Waals surface area contributed by atoms with Crippen molar-refractivity contribution < 1.29 is 0 Å². The summed E-state index contributed by atoms with van der Waals surface area (Å²) in [7, 11) is 0. The van der Waals surface area contributed by atoms with Gasteiger partial charge in [0, 0.05) is 28.9 Å². The SMILES string of the molecule is C=CCC(C)n1c(C)c(C=C)c2cccnc21. The van der Waals surface area contributed by atoms with Crippen LogP contribution in [0, 0.1) is 6.92 Å². The summed E-state index contributed by atoms with van der Waals surface area (Å²) < 4.78 is 2.27. The first-order valence-electron chi connectivity index (χ1n) is 5.89. The van der Waals surface area contributed by atoms with E-state index >= 15 is 0 Å². The lowest BCUT2D eigenvalue weighted by atomic mass is 10.2. The molecule has 2 nitrogen and oxygen atoms in total. The van der Waals surface area contributed by atoms with Crippen LogP contribution in [-0.2, 0) is 0 Å². The molecule has 0 amide bonds. The molecule has 2 aromatic heterocycles. The van der Waals surface area contributed by atoms with Gasteiger partial charge >= 0.3 is 0 Å². The molecule has 0 radical (unpaired) electrons. The minimum atomic E-state index is 0.374. The van der Waals surface area contributed by atoms with Crippen molar-refractivity contribution in [1.29, 1.82) is 0 Å². The molecule has 0 spiro atoms. The molecular formula is C15H18N2. The molecule has 1 atom stereocenters. The molecular weight excluding hydrogens is 208 g/mol. The van der Waals surface area contributed by atoms with Crippen molar-refractivity contribution in [2.75, 3.05) is 0 Å². The van der Waals surface area contributed by atoms with Crippen LogP contribution in [0.1, 0.15) is 30.6 Å². The van der Waals surface area contributed by atoms with E-state index in [9.17, 15) is 0 Å². The van der Waals surface area contributed by atoms with Gasteiger partial charge in [0.15, 0.2) is 0 Å². The summed E-state index contributed by atoms with van der Waals surface area (Å²) in [6.07, 6.45) is 6.65. The minimum absolute atomic E-state index is 0.374. The van der Waals surface area contributed by atoms with E-state index in [1.54, 1.807) is 0 Å². The highest BCUT2D eigenvalue weighted by molar-refractivity contribution is 5.88. The Morgan fingerprint density at radius 1 is 1.47 bits per heavy atom. The van der Waals surface area contributed by atoms with E-state index in [0.29, 0.717) is 6.04 Å². The van der Waals surface area contributed by atoms with Gasteiger partial charge in [-0.05, 0) is 32.4 Å². The number of aromatic nitrogens is 2. The molecule has 2 rings (SSSR count). The van der Waals surface area contributed by atoms with Gasteiger partial charge in [0.2, 0.25) is 0 Å². The first kappa shape index (κ1) is 11.6. The van der Waals surface area contributed by atoms with Crippen LogP contribution in [0.15, 0.2) is 37.6 Å². The Bertz CT molecular complexity index is 564. The largest absolute Gasteiger partial charge is 0.326 e. The fourth-order valence-corrected chi connectivity index (χ4v) is 2.43. The molecule has 0 bridgehead atoms. The van der Waals surface area contributed by atoms with E-state index in [2.05, 4.69) is 42.6 Å². The standard InChI is InChI=1S/C15H18N2/c1-5-8-11(3)17-12(4)13(6-2)14-9-7-10-16-15(14)17/h5-7,9-11H,1-2,8H2,3-4H3. The maximum atomic E-state index is 4.49. The van der Waals surface area contributed by atoms with E-state index < -0.39 is 0 Å². The van der Waals surface area contributed by atoms with E-state index in [-0.39, 0.29) is 0 Å². The predicted octanol–water partition coefficient (Wildman–Crippen LogP) is 4.12. The average Bonchev–Trinajstić information content (AvgIpc) is 2.61. The molecule has 0 saturated heterocycles. The zero-order valence-electron chi connectivity index (χ0n) is 10.5. The highest BCUT2D eigenvalue weighted by Crippen LogP contribution is 2.29. The Labute approximate surface area is 102 Å². The van der Waals surface area contributed by atoms with Crippen molar-refractivity contribution in [3.8, 4) is 0 Å². The molecule has 0 saturated carbocycles. The second-order valence-electron chi connectivity index (χ2n) is 4.32. The maximum Gasteiger partial charge on any atom is 0.140 e. The number of nitrogens with zero attached hydrogens (tertiary/aromatic N) is 2. The lowest BCUT2D eigenvalue weighted by Crippen LogP contribution is -2.06. The van der Waals surface area contributed by atoms with Crippen LogP contribution in [0.4, 0.5) is 0 Å². The summed E-state index contributed by atoms with van der Waals surface area (Å²) in [6, 6.07) is 4.44. The van der Waals surface area contributed by atoms with Crippen LogP contribution < -0.4 is 0 Å². The minimum Gasteiger partial charge on any atom is -0.326 e. The summed E-state index contributed by atoms with van der Waals surface area (Å²) >= 11 is 0. The number of allylic oxidation sites excluding steroid dienone is 1. The van der Waals surface area contributed by atoms with Gasteiger partial charge < -0.3 is 4.57 Å². The van der Waals surface area contributed by atoms with Crippen LogP contribution in [0.5, 0.6) is 0 Å². The second-order valence-corrected chi connectivity index (χ2v) is 4.32. The lowest BCUT2D eigenvalue weighted by molar-refractivity contribution is 0.558. The van der Waals surface area contributed by atoms with Gasteiger partial charge in [-0.15, -0.1) is 6.58 Å².